The third-order valence-electron chi connectivity index (χ3n) is 5.73. The average molecular weight is 500 g/mol. The number of carbonyl (C=O) groups is 1. The number of hydrogen-bond acceptors (Lipinski definition) is 6. The van der Waals surface area contributed by atoms with Gasteiger partial charge in [0, 0.05) is 25.0 Å². The van der Waals surface area contributed by atoms with Crippen LogP contribution < -0.4 is 10.1 Å². The second kappa shape index (κ2) is 10.4. The number of amides is 1. The molecule has 5 aromatic rings. The molecule has 3 aromatic carbocycles. The van der Waals surface area contributed by atoms with Crippen LogP contribution in [0.25, 0.3) is 16.8 Å². The van der Waals surface area contributed by atoms with Gasteiger partial charge in [0.2, 0.25) is 0 Å². The zero-order valence-electron chi connectivity index (χ0n) is 19.4. The van der Waals surface area contributed by atoms with Crippen LogP contribution >= 0.6 is 11.6 Å². The van der Waals surface area contributed by atoms with Gasteiger partial charge in [-0.15, -0.1) is 5.10 Å². The number of benzene rings is 3. The summed E-state index contributed by atoms with van der Waals surface area (Å²) >= 11 is 6.42. The fraction of sp³-hybridized carbons (Fsp3) is 0.115. The largest absolute Gasteiger partial charge is 0.496 e. The predicted molar refractivity (Wildman–Crippen MR) is 135 cm³/mol. The first-order valence-corrected chi connectivity index (χ1v) is 11.5. The van der Waals surface area contributed by atoms with Crippen molar-refractivity contribution in [3.63, 3.8) is 0 Å². The summed E-state index contributed by atoms with van der Waals surface area (Å²) in [6, 6.07) is 21.4. The summed E-state index contributed by atoms with van der Waals surface area (Å²) in [7, 11) is 1.49. The SMILES string of the molecule is COc1cc(-n2cnnn2)c(Cl)cc1C(=O)NCc1ccccc1-c1ccc(Cn2cccn2)cc1. The molecule has 0 saturated carbocycles. The molecule has 36 heavy (non-hydrogen) atoms. The Morgan fingerprint density at radius 1 is 1.08 bits per heavy atom. The van der Waals surface area contributed by atoms with Gasteiger partial charge in [-0.05, 0) is 44.8 Å². The number of halogens is 1. The minimum Gasteiger partial charge on any atom is -0.496 e. The van der Waals surface area contributed by atoms with Crippen LogP contribution in [-0.4, -0.2) is 43.0 Å². The highest BCUT2D eigenvalue weighted by molar-refractivity contribution is 6.33. The highest BCUT2D eigenvalue weighted by Crippen LogP contribution is 2.30. The Balaban J connectivity index is 1.33. The Labute approximate surface area is 212 Å². The lowest BCUT2D eigenvalue weighted by Crippen LogP contribution is -2.24. The average Bonchev–Trinajstić information content (AvgIpc) is 3.63. The van der Waals surface area contributed by atoms with E-state index < -0.39 is 0 Å². The molecular weight excluding hydrogens is 478 g/mol. The molecule has 0 fully saturated rings. The van der Waals surface area contributed by atoms with E-state index in [9.17, 15) is 4.79 Å². The Hall–Kier alpha value is -4.50. The number of methoxy groups -OCH3 is 1. The van der Waals surface area contributed by atoms with E-state index >= 15 is 0 Å². The highest BCUT2D eigenvalue weighted by Gasteiger charge is 2.18. The van der Waals surface area contributed by atoms with Gasteiger partial charge in [0.15, 0.2) is 0 Å². The lowest BCUT2D eigenvalue weighted by Gasteiger charge is -2.14. The summed E-state index contributed by atoms with van der Waals surface area (Å²) in [6.45, 7) is 1.04. The third-order valence-corrected chi connectivity index (χ3v) is 6.04. The number of aromatic nitrogens is 6. The zero-order chi connectivity index (χ0) is 24.9. The van der Waals surface area contributed by atoms with Gasteiger partial charge in [-0.3, -0.25) is 9.48 Å². The summed E-state index contributed by atoms with van der Waals surface area (Å²) in [5.74, 6) is 0.0600. The van der Waals surface area contributed by atoms with E-state index in [1.165, 1.54) is 18.1 Å². The molecule has 0 aliphatic rings. The van der Waals surface area contributed by atoms with Crippen LogP contribution in [-0.2, 0) is 13.1 Å². The number of carbonyl (C=O) groups excluding carboxylic acids is 1. The van der Waals surface area contributed by atoms with Crippen molar-refractivity contribution in [3.05, 3.63) is 107 Å². The van der Waals surface area contributed by atoms with Crippen molar-refractivity contribution in [2.45, 2.75) is 13.1 Å². The molecule has 0 aliphatic carbocycles. The molecule has 5 rings (SSSR count). The lowest BCUT2D eigenvalue weighted by molar-refractivity contribution is 0.0948. The Bertz CT molecular complexity index is 1470. The monoisotopic (exact) mass is 499 g/mol. The minimum absolute atomic E-state index is 0.304. The fourth-order valence-electron chi connectivity index (χ4n) is 3.93. The van der Waals surface area contributed by atoms with E-state index in [0.717, 1.165) is 22.3 Å². The summed E-state index contributed by atoms with van der Waals surface area (Å²) in [4.78, 5) is 13.1. The number of nitrogens with zero attached hydrogens (tertiary/aromatic N) is 6. The first kappa shape index (κ1) is 23.3. The molecule has 10 heteroatoms. The first-order valence-electron chi connectivity index (χ1n) is 11.2. The van der Waals surface area contributed by atoms with Crippen molar-refractivity contribution in [2.24, 2.45) is 0 Å². The van der Waals surface area contributed by atoms with Crippen molar-refractivity contribution >= 4 is 17.5 Å². The van der Waals surface area contributed by atoms with Crippen LogP contribution in [0.5, 0.6) is 5.75 Å². The quantitative estimate of drug-likeness (QED) is 0.344. The Kier molecular flexibility index (Phi) is 6.72. The second-order valence-corrected chi connectivity index (χ2v) is 8.41. The van der Waals surface area contributed by atoms with Gasteiger partial charge in [-0.1, -0.05) is 60.1 Å². The third kappa shape index (κ3) is 4.96. The van der Waals surface area contributed by atoms with Gasteiger partial charge in [0.1, 0.15) is 12.1 Å². The molecule has 0 radical (unpaired) electrons. The zero-order valence-corrected chi connectivity index (χ0v) is 20.1. The van der Waals surface area contributed by atoms with Gasteiger partial charge < -0.3 is 10.1 Å². The molecular formula is C26H22ClN7O2. The molecule has 0 aliphatic heterocycles. The number of nitrogens with one attached hydrogen (secondary N) is 1. The highest BCUT2D eigenvalue weighted by atomic mass is 35.5. The van der Waals surface area contributed by atoms with Crippen molar-refractivity contribution < 1.29 is 9.53 Å². The van der Waals surface area contributed by atoms with Crippen LogP contribution in [0.2, 0.25) is 5.02 Å². The van der Waals surface area contributed by atoms with Crippen molar-refractivity contribution in [2.75, 3.05) is 7.11 Å². The second-order valence-electron chi connectivity index (χ2n) is 8.00. The maximum atomic E-state index is 13.1. The summed E-state index contributed by atoms with van der Waals surface area (Å²) < 4.78 is 8.74. The topological polar surface area (TPSA) is 99.8 Å². The predicted octanol–water partition coefficient (Wildman–Crippen LogP) is 4.17. The van der Waals surface area contributed by atoms with E-state index in [2.05, 4.69) is 50.2 Å². The molecule has 180 valence electrons. The van der Waals surface area contributed by atoms with Gasteiger partial charge in [0.25, 0.3) is 5.91 Å². The van der Waals surface area contributed by atoms with E-state index in [1.807, 2.05) is 41.2 Å². The van der Waals surface area contributed by atoms with Crippen LogP contribution in [0.15, 0.2) is 85.5 Å². The van der Waals surface area contributed by atoms with E-state index in [1.54, 1.807) is 18.3 Å². The molecule has 2 aromatic heterocycles. The van der Waals surface area contributed by atoms with E-state index in [-0.39, 0.29) is 5.91 Å². The normalized spacial score (nSPS) is 10.8. The molecule has 0 spiro atoms. The molecule has 0 bridgehead atoms. The summed E-state index contributed by atoms with van der Waals surface area (Å²) in [5.41, 5.74) is 5.08. The molecule has 0 saturated heterocycles. The maximum absolute atomic E-state index is 13.1. The van der Waals surface area contributed by atoms with E-state index in [4.69, 9.17) is 16.3 Å². The fourth-order valence-corrected chi connectivity index (χ4v) is 4.18. The van der Waals surface area contributed by atoms with E-state index in [0.29, 0.717) is 35.1 Å². The Morgan fingerprint density at radius 2 is 1.92 bits per heavy atom. The maximum Gasteiger partial charge on any atom is 0.255 e. The van der Waals surface area contributed by atoms with Gasteiger partial charge in [-0.2, -0.15) is 9.78 Å². The van der Waals surface area contributed by atoms with Crippen molar-refractivity contribution in [1.29, 1.82) is 0 Å². The first-order chi connectivity index (χ1) is 17.6. The smallest absolute Gasteiger partial charge is 0.255 e. The van der Waals surface area contributed by atoms with Crippen LogP contribution in [0, 0.1) is 0 Å². The van der Waals surface area contributed by atoms with Crippen LogP contribution in [0.3, 0.4) is 0 Å². The minimum atomic E-state index is -0.304. The molecule has 0 unspecified atom stereocenters. The Morgan fingerprint density at radius 3 is 2.64 bits per heavy atom. The molecule has 1 amide bonds. The molecule has 0 atom stereocenters. The molecule has 1 N–H and O–H groups in total. The number of hydrogen-bond donors (Lipinski definition) is 1. The standard InChI is InChI=1S/C26H22ClN7O2/c1-36-25-14-24(34-17-29-31-32-34)23(27)13-22(25)26(35)28-15-20-5-2-3-6-21(20)19-9-7-18(8-10-19)16-33-12-4-11-30-33/h2-14,17H,15-16H2,1H3,(H,28,35). The number of rotatable bonds is 8. The number of tetrazole rings is 1. The van der Waals surface area contributed by atoms with Crippen molar-refractivity contribution in [3.8, 4) is 22.6 Å². The van der Waals surface area contributed by atoms with Crippen LogP contribution in [0.4, 0.5) is 0 Å². The van der Waals surface area contributed by atoms with Crippen LogP contribution in [0.1, 0.15) is 21.5 Å². The summed E-state index contributed by atoms with van der Waals surface area (Å²) in [5, 5.41) is 18.7. The molecule has 9 nitrogen and oxygen atoms in total. The van der Waals surface area contributed by atoms with Gasteiger partial charge >= 0.3 is 0 Å². The lowest BCUT2D eigenvalue weighted by atomic mass is 9.98. The van der Waals surface area contributed by atoms with Gasteiger partial charge in [-0.25, -0.2) is 0 Å². The summed E-state index contributed by atoms with van der Waals surface area (Å²) in [6.07, 6.45) is 5.12. The van der Waals surface area contributed by atoms with Crippen molar-refractivity contribution in [1.82, 2.24) is 35.3 Å². The van der Waals surface area contributed by atoms with Gasteiger partial charge in [0.05, 0.1) is 29.9 Å². The molecule has 2 heterocycles. The number of ether oxygens (including phenoxy) is 1.